The lowest BCUT2D eigenvalue weighted by molar-refractivity contribution is -0.123. The van der Waals surface area contributed by atoms with E-state index in [0.717, 1.165) is 55.5 Å². The summed E-state index contributed by atoms with van der Waals surface area (Å²) in [5.74, 6) is -0.401. The molecule has 1 amide bonds. The van der Waals surface area contributed by atoms with E-state index in [2.05, 4.69) is 20.0 Å². The van der Waals surface area contributed by atoms with Crippen molar-refractivity contribution in [1.29, 1.82) is 0 Å². The van der Waals surface area contributed by atoms with E-state index in [-0.39, 0.29) is 17.8 Å². The fourth-order valence-electron chi connectivity index (χ4n) is 4.17. The van der Waals surface area contributed by atoms with Crippen molar-refractivity contribution >= 4 is 22.4 Å². The van der Waals surface area contributed by atoms with E-state index >= 15 is 0 Å². The molecule has 2 aliphatic heterocycles. The molecule has 144 valence electrons. The molecule has 0 aliphatic carbocycles. The van der Waals surface area contributed by atoms with E-state index < -0.39 is 0 Å². The Labute approximate surface area is 162 Å². The smallest absolute Gasteiger partial charge is 0.234 e. The molecule has 2 aliphatic rings. The van der Waals surface area contributed by atoms with Crippen molar-refractivity contribution in [3.8, 4) is 0 Å². The van der Waals surface area contributed by atoms with Crippen molar-refractivity contribution in [2.24, 2.45) is 5.73 Å². The zero-order valence-electron chi connectivity index (χ0n) is 15.2. The first-order valence-corrected chi connectivity index (χ1v) is 10.3. The van der Waals surface area contributed by atoms with Gasteiger partial charge in [0.05, 0.1) is 6.04 Å². The molecule has 0 saturated carbocycles. The standard InChI is InChI=1S/C19H24FN5OS/c20-15-5-2-1-4-13(15)12-17-22-23-19(27-17)24-10-7-14(8-11-24)25-9-3-6-16(25)18(21)26/h1-2,4-5,14,16H,3,6-12H2,(H2,21,26). The summed E-state index contributed by atoms with van der Waals surface area (Å²) in [5, 5.41) is 10.3. The molecule has 2 fully saturated rings. The van der Waals surface area contributed by atoms with Crippen molar-refractivity contribution in [2.45, 2.75) is 44.2 Å². The van der Waals surface area contributed by atoms with Crippen molar-refractivity contribution in [2.75, 3.05) is 24.5 Å². The van der Waals surface area contributed by atoms with Gasteiger partial charge in [0.25, 0.3) is 0 Å². The van der Waals surface area contributed by atoms with Gasteiger partial charge in [0.15, 0.2) is 0 Å². The molecule has 8 heteroatoms. The molecule has 6 nitrogen and oxygen atoms in total. The topological polar surface area (TPSA) is 75.4 Å². The Balaban J connectivity index is 1.36. The zero-order chi connectivity index (χ0) is 18.8. The van der Waals surface area contributed by atoms with Gasteiger partial charge in [0, 0.05) is 25.6 Å². The molecule has 3 heterocycles. The molecule has 0 spiro atoms. The molecule has 27 heavy (non-hydrogen) atoms. The van der Waals surface area contributed by atoms with Gasteiger partial charge in [0.2, 0.25) is 11.0 Å². The first kappa shape index (κ1) is 18.3. The molecule has 2 saturated heterocycles. The number of likely N-dealkylation sites (tertiary alicyclic amines) is 1. The summed E-state index contributed by atoms with van der Waals surface area (Å²) in [6.45, 7) is 2.74. The van der Waals surface area contributed by atoms with Gasteiger partial charge in [-0.05, 0) is 43.9 Å². The largest absolute Gasteiger partial charge is 0.368 e. The van der Waals surface area contributed by atoms with E-state index in [1.165, 1.54) is 17.4 Å². The third-order valence-corrected chi connectivity index (χ3v) is 6.57. The number of halogens is 1. The highest BCUT2D eigenvalue weighted by Gasteiger charge is 2.36. The van der Waals surface area contributed by atoms with Crippen LogP contribution < -0.4 is 10.6 Å². The highest BCUT2D eigenvalue weighted by atomic mass is 32.1. The number of carbonyl (C=O) groups is 1. The zero-order valence-corrected chi connectivity index (χ0v) is 16.0. The summed E-state index contributed by atoms with van der Waals surface area (Å²) in [4.78, 5) is 16.2. The number of primary amides is 1. The highest BCUT2D eigenvalue weighted by Crippen LogP contribution is 2.30. The molecular weight excluding hydrogens is 365 g/mol. The van der Waals surface area contributed by atoms with Gasteiger partial charge in [-0.1, -0.05) is 29.5 Å². The third kappa shape index (κ3) is 3.96. The Kier molecular flexibility index (Phi) is 5.36. The quantitative estimate of drug-likeness (QED) is 0.848. The van der Waals surface area contributed by atoms with Gasteiger partial charge < -0.3 is 10.6 Å². The average Bonchev–Trinajstić information content (AvgIpc) is 3.33. The monoisotopic (exact) mass is 389 g/mol. The maximum atomic E-state index is 13.8. The minimum absolute atomic E-state index is 0.101. The summed E-state index contributed by atoms with van der Waals surface area (Å²) >= 11 is 1.53. The number of nitrogens with two attached hydrogens (primary N) is 1. The molecule has 1 aromatic carbocycles. The Morgan fingerprint density at radius 2 is 1.96 bits per heavy atom. The van der Waals surface area contributed by atoms with E-state index in [9.17, 15) is 9.18 Å². The lowest BCUT2D eigenvalue weighted by Crippen LogP contribution is -2.50. The number of carbonyl (C=O) groups excluding carboxylic acids is 1. The molecule has 1 atom stereocenters. The van der Waals surface area contributed by atoms with Crippen LogP contribution in [0.2, 0.25) is 0 Å². The van der Waals surface area contributed by atoms with E-state index in [1.54, 1.807) is 12.1 Å². The summed E-state index contributed by atoms with van der Waals surface area (Å²) < 4.78 is 13.8. The number of rotatable bonds is 5. The fourth-order valence-corrected chi connectivity index (χ4v) is 5.08. The fraction of sp³-hybridized carbons (Fsp3) is 0.526. The van der Waals surface area contributed by atoms with Crippen molar-refractivity contribution in [1.82, 2.24) is 15.1 Å². The lowest BCUT2D eigenvalue weighted by Gasteiger charge is -2.38. The van der Waals surface area contributed by atoms with Crippen LogP contribution in [-0.2, 0) is 11.2 Å². The van der Waals surface area contributed by atoms with Gasteiger partial charge in [-0.15, -0.1) is 10.2 Å². The predicted octanol–water partition coefficient (Wildman–Crippen LogP) is 2.19. The van der Waals surface area contributed by atoms with Crippen molar-refractivity contribution < 1.29 is 9.18 Å². The minimum Gasteiger partial charge on any atom is -0.368 e. The Hall–Kier alpha value is -2.06. The molecule has 2 aromatic rings. The summed E-state index contributed by atoms with van der Waals surface area (Å²) in [5.41, 5.74) is 6.20. The van der Waals surface area contributed by atoms with Crippen LogP contribution >= 0.6 is 11.3 Å². The molecule has 1 aromatic heterocycles. The predicted molar refractivity (Wildman–Crippen MR) is 103 cm³/mol. The summed E-state index contributed by atoms with van der Waals surface area (Å²) in [6, 6.07) is 7.09. The number of hydrogen-bond donors (Lipinski definition) is 1. The summed E-state index contributed by atoms with van der Waals surface area (Å²) in [6.07, 6.45) is 4.38. The lowest BCUT2D eigenvalue weighted by atomic mass is 10.0. The number of hydrogen-bond acceptors (Lipinski definition) is 6. The second-order valence-electron chi connectivity index (χ2n) is 7.26. The number of benzene rings is 1. The maximum absolute atomic E-state index is 13.8. The minimum atomic E-state index is -0.204. The van der Waals surface area contributed by atoms with Gasteiger partial charge in [0.1, 0.15) is 10.8 Å². The van der Waals surface area contributed by atoms with E-state index in [4.69, 9.17) is 5.73 Å². The average molecular weight is 390 g/mol. The number of piperidine rings is 1. The van der Waals surface area contributed by atoms with Gasteiger partial charge in [-0.3, -0.25) is 9.69 Å². The normalized spacial score (nSPS) is 21.7. The molecule has 1 unspecified atom stereocenters. The van der Waals surface area contributed by atoms with Crippen molar-refractivity contribution in [3.05, 3.63) is 40.7 Å². The second-order valence-corrected chi connectivity index (χ2v) is 8.30. The van der Waals surface area contributed by atoms with Crippen LogP contribution in [0, 0.1) is 5.82 Å². The Morgan fingerprint density at radius 3 is 2.70 bits per heavy atom. The van der Waals surface area contributed by atoms with Crippen LogP contribution in [0.25, 0.3) is 0 Å². The summed E-state index contributed by atoms with van der Waals surface area (Å²) in [7, 11) is 0. The first-order chi connectivity index (χ1) is 13.1. The number of anilines is 1. The van der Waals surface area contributed by atoms with Crippen LogP contribution in [0.4, 0.5) is 9.52 Å². The number of aromatic nitrogens is 2. The Bertz CT molecular complexity index is 805. The van der Waals surface area contributed by atoms with Gasteiger partial charge in [-0.2, -0.15) is 0 Å². The van der Waals surface area contributed by atoms with Gasteiger partial charge >= 0.3 is 0 Å². The molecular formula is C19H24FN5OS. The van der Waals surface area contributed by atoms with E-state index in [1.807, 2.05) is 6.07 Å². The molecule has 0 bridgehead atoms. The van der Waals surface area contributed by atoms with Crippen LogP contribution in [0.5, 0.6) is 0 Å². The third-order valence-electron chi connectivity index (χ3n) is 5.58. The maximum Gasteiger partial charge on any atom is 0.234 e. The number of nitrogens with zero attached hydrogens (tertiary/aromatic N) is 4. The Morgan fingerprint density at radius 1 is 1.19 bits per heavy atom. The van der Waals surface area contributed by atoms with Gasteiger partial charge in [-0.25, -0.2) is 4.39 Å². The van der Waals surface area contributed by atoms with Crippen LogP contribution in [0.3, 0.4) is 0 Å². The van der Waals surface area contributed by atoms with Crippen LogP contribution in [0.1, 0.15) is 36.3 Å². The van der Waals surface area contributed by atoms with Crippen LogP contribution in [0.15, 0.2) is 24.3 Å². The number of amides is 1. The molecule has 0 radical (unpaired) electrons. The van der Waals surface area contributed by atoms with Crippen molar-refractivity contribution in [3.63, 3.8) is 0 Å². The van der Waals surface area contributed by atoms with Crippen LogP contribution in [-0.4, -0.2) is 52.7 Å². The highest BCUT2D eigenvalue weighted by molar-refractivity contribution is 7.15. The molecule has 4 rings (SSSR count). The molecule has 2 N–H and O–H groups in total. The van der Waals surface area contributed by atoms with E-state index in [0.29, 0.717) is 18.0 Å². The first-order valence-electron chi connectivity index (χ1n) is 9.47. The second kappa shape index (κ2) is 7.90. The SMILES string of the molecule is NC(=O)C1CCCN1C1CCN(c2nnc(Cc3ccccc3F)s2)CC1.